The molecule has 0 atom stereocenters. The van der Waals surface area contributed by atoms with E-state index in [4.69, 9.17) is 23.2 Å². The number of rotatable bonds is 7. The average Bonchev–Trinajstić information content (AvgIpc) is 2.90. The van der Waals surface area contributed by atoms with Crippen molar-refractivity contribution in [3.63, 3.8) is 0 Å². The molecule has 0 spiro atoms. The Bertz CT molecular complexity index is 1330. The van der Waals surface area contributed by atoms with Crippen molar-refractivity contribution in [2.75, 3.05) is 31.5 Å². The third kappa shape index (κ3) is 7.89. The third-order valence-electron chi connectivity index (χ3n) is 7.05. The highest BCUT2D eigenvalue weighted by molar-refractivity contribution is 6.35. The monoisotopic (exact) mass is 574 g/mol. The lowest BCUT2D eigenvalue weighted by Crippen LogP contribution is -2.50. The number of hydrogen-bond acceptors (Lipinski definition) is 3. The molecule has 1 heterocycles. The Kier molecular flexibility index (Phi) is 9.06. The number of carbonyl (C=O) groups is 1. The van der Waals surface area contributed by atoms with E-state index < -0.39 is 24.0 Å². The van der Waals surface area contributed by atoms with Gasteiger partial charge < -0.3 is 15.5 Å². The molecule has 3 aromatic rings. The molecule has 0 aromatic heterocycles. The van der Waals surface area contributed by atoms with E-state index in [-0.39, 0.29) is 6.54 Å². The lowest BCUT2D eigenvalue weighted by atomic mass is 9.72. The van der Waals surface area contributed by atoms with Crippen molar-refractivity contribution in [1.29, 1.82) is 5.26 Å². The largest absolute Gasteiger partial charge is 0.390 e. The van der Waals surface area contributed by atoms with Crippen molar-refractivity contribution in [3.8, 4) is 17.2 Å². The van der Waals surface area contributed by atoms with E-state index in [0.29, 0.717) is 53.8 Å². The Morgan fingerprint density at radius 3 is 2.26 bits per heavy atom. The van der Waals surface area contributed by atoms with Crippen molar-refractivity contribution in [3.05, 3.63) is 87.9 Å². The third-order valence-corrected chi connectivity index (χ3v) is 7.49. The van der Waals surface area contributed by atoms with Gasteiger partial charge in [0.1, 0.15) is 0 Å². The van der Waals surface area contributed by atoms with Gasteiger partial charge in [0.15, 0.2) is 0 Å². The van der Waals surface area contributed by atoms with Gasteiger partial charge in [-0.1, -0.05) is 59.6 Å². The Morgan fingerprint density at radius 2 is 1.64 bits per heavy atom. The molecule has 0 aliphatic carbocycles. The number of piperidine rings is 1. The molecule has 5 nitrogen and oxygen atoms in total. The van der Waals surface area contributed by atoms with Crippen LogP contribution >= 0.6 is 23.2 Å². The molecule has 0 unspecified atom stereocenters. The summed E-state index contributed by atoms with van der Waals surface area (Å²) in [5.74, 6) is 0. The van der Waals surface area contributed by atoms with E-state index in [1.165, 1.54) is 0 Å². The summed E-state index contributed by atoms with van der Waals surface area (Å²) in [6, 6.07) is 21.7. The maximum atomic E-state index is 12.8. The molecule has 1 aliphatic rings. The minimum Gasteiger partial charge on any atom is -0.337 e. The molecular formula is C29H27Cl2F3N4O. The van der Waals surface area contributed by atoms with Gasteiger partial charge in [-0.05, 0) is 73.0 Å². The summed E-state index contributed by atoms with van der Waals surface area (Å²) in [6.07, 6.45) is -3.88. The number of urea groups is 1. The van der Waals surface area contributed by atoms with E-state index >= 15 is 0 Å². The van der Waals surface area contributed by atoms with Crippen LogP contribution in [0.4, 0.5) is 23.7 Å². The maximum absolute atomic E-state index is 12.8. The lowest BCUT2D eigenvalue weighted by Gasteiger charge is -2.42. The highest BCUT2D eigenvalue weighted by Gasteiger charge is 2.37. The molecule has 1 aliphatic heterocycles. The van der Waals surface area contributed by atoms with Gasteiger partial charge >= 0.3 is 12.2 Å². The zero-order valence-corrected chi connectivity index (χ0v) is 22.5. The number of halogens is 5. The molecule has 10 heteroatoms. The van der Waals surface area contributed by atoms with Crippen molar-refractivity contribution in [2.45, 2.75) is 30.9 Å². The number of likely N-dealkylation sites (tertiary alicyclic amines) is 1. The van der Waals surface area contributed by atoms with Gasteiger partial charge in [0.25, 0.3) is 0 Å². The Balaban J connectivity index is 1.51. The van der Waals surface area contributed by atoms with E-state index in [2.05, 4.69) is 16.7 Å². The number of hydrogen-bond donors (Lipinski definition) is 2. The first kappa shape index (κ1) is 28.8. The van der Waals surface area contributed by atoms with Crippen molar-refractivity contribution in [1.82, 2.24) is 10.2 Å². The molecule has 1 fully saturated rings. The number of nitrogens with one attached hydrogen (secondary N) is 2. The lowest BCUT2D eigenvalue weighted by molar-refractivity contribution is -0.138. The molecular weight excluding hydrogens is 548 g/mol. The van der Waals surface area contributed by atoms with Gasteiger partial charge in [0.2, 0.25) is 0 Å². The van der Waals surface area contributed by atoms with Crippen LogP contribution in [0.5, 0.6) is 0 Å². The smallest absolute Gasteiger partial charge is 0.337 e. The molecule has 1 saturated heterocycles. The molecule has 39 heavy (non-hydrogen) atoms. The summed E-state index contributed by atoms with van der Waals surface area (Å²) in [4.78, 5) is 14.6. The molecule has 0 radical (unpaired) electrons. The number of alkyl halides is 3. The van der Waals surface area contributed by atoms with Crippen molar-refractivity contribution in [2.24, 2.45) is 0 Å². The molecule has 2 N–H and O–H groups in total. The van der Waals surface area contributed by atoms with Gasteiger partial charge in [-0.15, -0.1) is 0 Å². The first-order chi connectivity index (χ1) is 18.5. The van der Waals surface area contributed by atoms with Crippen molar-refractivity contribution < 1.29 is 18.0 Å². The highest BCUT2D eigenvalue weighted by Crippen LogP contribution is 2.37. The Morgan fingerprint density at radius 1 is 0.974 bits per heavy atom. The van der Waals surface area contributed by atoms with Crippen LogP contribution in [0.1, 0.15) is 30.4 Å². The zero-order valence-electron chi connectivity index (χ0n) is 21.0. The molecule has 4 rings (SSSR count). The summed E-state index contributed by atoms with van der Waals surface area (Å²) >= 11 is 12.1. The predicted molar refractivity (Wildman–Crippen MR) is 148 cm³/mol. The molecule has 3 aromatic carbocycles. The van der Waals surface area contributed by atoms with Crippen LogP contribution in [0.15, 0.2) is 66.7 Å². The van der Waals surface area contributed by atoms with Crippen LogP contribution in [0.25, 0.3) is 11.1 Å². The van der Waals surface area contributed by atoms with Crippen LogP contribution in [0, 0.1) is 11.3 Å². The van der Waals surface area contributed by atoms with Crippen molar-refractivity contribution >= 4 is 34.9 Å². The minimum absolute atomic E-state index is 0.0445. The van der Waals surface area contributed by atoms with Gasteiger partial charge in [0.05, 0.1) is 18.1 Å². The first-order valence-electron chi connectivity index (χ1n) is 12.5. The Labute approximate surface area is 235 Å². The van der Waals surface area contributed by atoms with E-state index in [1.54, 1.807) is 24.3 Å². The van der Waals surface area contributed by atoms with Gasteiger partial charge in [0, 0.05) is 34.2 Å². The second kappa shape index (κ2) is 12.3. The van der Waals surface area contributed by atoms with Crippen LogP contribution in [-0.4, -0.2) is 43.3 Å². The summed E-state index contributed by atoms with van der Waals surface area (Å²) < 4.78 is 38.3. The number of nitriles is 1. The summed E-state index contributed by atoms with van der Waals surface area (Å²) in [5.41, 5.74) is 3.39. The standard InChI is InChI=1S/C29H27Cl2F3N4O/c30-24-15-25(31)17-26(16-24)37-27(39)36-19-28(8-11-38(12-9-28)13-10-29(32,33)34)23-6-4-21(5-7-23)22-3-1-2-20(14-22)18-35/h1-7,14-17H,8-13,19H2,(H2,36,37,39). The molecule has 2 amide bonds. The number of carbonyl (C=O) groups excluding carboxylic acids is 1. The predicted octanol–water partition coefficient (Wildman–Crippen LogP) is 7.64. The Hall–Kier alpha value is -3.25. The maximum Gasteiger partial charge on any atom is 0.390 e. The minimum atomic E-state index is -4.20. The van der Waals surface area contributed by atoms with E-state index in [9.17, 15) is 23.2 Å². The average molecular weight is 575 g/mol. The zero-order chi connectivity index (χ0) is 28.0. The number of anilines is 1. The summed E-state index contributed by atoms with van der Waals surface area (Å²) in [6.45, 7) is 1.21. The fourth-order valence-corrected chi connectivity index (χ4v) is 5.42. The summed E-state index contributed by atoms with van der Waals surface area (Å²) in [7, 11) is 0. The number of amides is 2. The van der Waals surface area contributed by atoms with Gasteiger partial charge in [-0.2, -0.15) is 18.4 Å². The van der Waals surface area contributed by atoms with E-state index in [1.807, 2.05) is 47.4 Å². The molecule has 204 valence electrons. The molecule has 0 bridgehead atoms. The second-order valence-corrected chi connectivity index (χ2v) is 10.6. The fourth-order valence-electron chi connectivity index (χ4n) is 4.89. The number of nitrogens with zero attached hydrogens (tertiary/aromatic N) is 2. The molecule has 0 saturated carbocycles. The van der Waals surface area contributed by atoms with Crippen LogP contribution in [0.3, 0.4) is 0 Å². The van der Waals surface area contributed by atoms with Gasteiger partial charge in [-0.3, -0.25) is 0 Å². The van der Waals surface area contributed by atoms with Gasteiger partial charge in [-0.25, -0.2) is 4.79 Å². The topological polar surface area (TPSA) is 68.2 Å². The van der Waals surface area contributed by atoms with Crippen LogP contribution < -0.4 is 10.6 Å². The van der Waals surface area contributed by atoms with Crippen LogP contribution in [-0.2, 0) is 5.41 Å². The van der Waals surface area contributed by atoms with E-state index in [0.717, 1.165) is 16.7 Å². The van der Waals surface area contributed by atoms with Crippen LogP contribution in [0.2, 0.25) is 10.0 Å². The first-order valence-corrected chi connectivity index (χ1v) is 13.2. The summed E-state index contributed by atoms with van der Waals surface area (Å²) in [5, 5.41) is 15.7. The quantitative estimate of drug-likeness (QED) is 0.304. The number of benzene rings is 3. The normalized spacial score (nSPS) is 15.4. The second-order valence-electron chi connectivity index (χ2n) is 9.72. The fraction of sp³-hybridized carbons (Fsp3) is 0.310. The highest BCUT2D eigenvalue weighted by atomic mass is 35.5. The SMILES string of the molecule is N#Cc1cccc(-c2ccc(C3(CNC(=O)Nc4cc(Cl)cc(Cl)c4)CCN(CCC(F)(F)F)CC3)cc2)c1.